The summed E-state index contributed by atoms with van der Waals surface area (Å²) in [6.45, 7) is 4.47. The highest BCUT2D eigenvalue weighted by Crippen LogP contribution is 2.28. The molecule has 1 N–H and O–H groups in total. The molecule has 0 radical (unpaired) electrons. The lowest BCUT2D eigenvalue weighted by atomic mass is 9.97. The number of hydrogen-bond donors (Lipinski definition) is 1. The summed E-state index contributed by atoms with van der Waals surface area (Å²) in [6, 6.07) is 8.90. The van der Waals surface area contributed by atoms with E-state index in [4.69, 9.17) is 11.6 Å². The van der Waals surface area contributed by atoms with Crippen LogP contribution >= 0.6 is 11.6 Å². The van der Waals surface area contributed by atoms with Crippen LogP contribution in [0.4, 0.5) is 5.69 Å². The molecule has 1 aliphatic heterocycles. The molecule has 144 valence electrons. The SMILES string of the molecule is Cc1ccc(C)c(NC(=O)C2CCN(S(=O)(=O)c3cccnc3Cl)CC2)c1. The first-order valence-corrected chi connectivity index (χ1v) is 10.6. The van der Waals surface area contributed by atoms with Crippen molar-refractivity contribution in [2.24, 2.45) is 5.92 Å². The number of sulfonamides is 1. The minimum Gasteiger partial charge on any atom is -0.326 e. The van der Waals surface area contributed by atoms with E-state index in [9.17, 15) is 13.2 Å². The van der Waals surface area contributed by atoms with Crippen LogP contribution in [-0.2, 0) is 14.8 Å². The Kier molecular flexibility index (Phi) is 5.83. The Labute approximate surface area is 164 Å². The van der Waals surface area contributed by atoms with E-state index in [0.29, 0.717) is 12.8 Å². The number of halogens is 1. The largest absolute Gasteiger partial charge is 0.326 e. The number of amides is 1. The highest BCUT2D eigenvalue weighted by atomic mass is 35.5. The van der Waals surface area contributed by atoms with Crippen molar-refractivity contribution in [3.05, 3.63) is 52.8 Å². The van der Waals surface area contributed by atoms with Crippen molar-refractivity contribution in [3.63, 3.8) is 0 Å². The van der Waals surface area contributed by atoms with Crippen LogP contribution in [0.25, 0.3) is 0 Å². The van der Waals surface area contributed by atoms with E-state index in [0.717, 1.165) is 16.8 Å². The zero-order valence-electron chi connectivity index (χ0n) is 15.3. The van der Waals surface area contributed by atoms with Crippen molar-refractivity contribution < 1.29 is 13.2 Å². The first-order chi connectivity index (χ1) is 12.8. The van der Waals surface area contributed by atoms with Crippen LogP contribution in [0.5, 0.6) is 0 Å². The lowest BCUT2D eigenvalue weighted by Gasteiger charge is -2.30. The first kappa shape index (κ1) is 19.8. The number of pyridine rings is 1. The molecule has 1 fully saturated rings. The number of hydrogen-bond acceptors (Lipinski definition) is 4. The van der Waals surface area contributed by atoms with Gasteiger partial charge in [0.1, 0.15) is 10.0 Å². The number of piperidine rings is 1. The molecular formula is C19H22ClN3O3S. The maximum atomic E-state index is 12.8. The maximum Gasteiger partial charge on any atom is 0.246 e. The molecule has 1 aromatic heterocycles. The van der Waals surface area contributed by atoms with E-state index in [2.05, 4.69) is 10.3 Å². The molecule has 0 saturated carbocycles. The highest BCUT2D eigenvalue weighted by molar-refractivity contribution is 7.89. The van der Waals surface area contributed by atoms with E-state index < -0.39 is 10.0 Å². The van der Waals surface area contributed by atoms with Gasteiger partial charge in [0, 0.05) is 30.9 Å². The van der Waals surface area contributed by atoms with Gasteiger partial charge >= 0.3 is 0 Å². The molecule has 2 aromatic rings. The normalized spacial score (nSPS) is 16.3. The van der Waals surface area contributed by atoms with Crippen LogP contribution in [0.2, 0.25) is 5.15 Å². The second-order valence-corrected chi connectivity index (χ2v) is 9.04. The molecule has 2 heterocycles. The molecule has 6 nitrogen and oxygen atoms in total. The summed E-state index contributed by atoms with van der Waals surface area (Å²) in [5, 5.41) is 2.94. The molecule has 0 bridgehead atoms. The minimum atomic E-state index is -3.71. The van der Waals surface area contributed by atoms with Gasteiger partial charge < -0.3 is 5.32 Å². The summed E-state index contributed by atoms with van der Waals surface area (Å²) in [7, 11) is -3.71. The lowest BCUT2D eigenvalue weighted by molar-refractivity contribution is -0.120. The zero-order chi connectivity index (χ0) is 19.6. The van der Waals surface area contributed by atoms with E-state index in [1.165, 1.54) is 16.6 Å². The van der Waals surface area contributed by atoms with Crippen molar-refractivity contribution in [1.82, 2.24) is 9.29 Å². The van der Waals surface area contributed by atoms with Crippen LogP contribution in [0.15, 0.2) is 41.4 Å². The number of aromatic nitrogens is 1. The zero-order valence-corrected chi connectivity index (χ0v) is 16.8. The molecule has 1 amide bonds. The topological polar surface area (TPSA) is 79.4 Å². The van der Waals surface area contributed by atoms with E-state index >= 15 is 0 Å². The van der Waals surface area contributed by atoms with Gasteiger partial charge in [0.2, 0.25) is 15.9 Å². The number of rotatable bonds is 4. The molecule has 1 aliphatic rings. The summed E-state index contributed by atoms with van der Waals surface area (Å²) in [4.78, 5) is 16.4. The number of carbonyl (C=O) groups excluding carboxylic acids is 1. The molecule has 3 rings (SSSR count). The van der Waals surface area contributed by atoms with Crippen LogP contribution in [-0.4, -0.2) is 36.7 Å². The minimum absolute atomic E-state index is 0.00459. The smallest absolute Gasteiger partial charge is 0.246 e. The Bertz CT molecular complexity index is 954. The molecule has 8 heteroatoms. The fraction of sp³-hybridized carbons (Fsp3) is 0.368. The fourth-order valence-corrected chi connectivity index (χ4v) is 5.06. The van der Waals surface area contributed by atoms with E-state index in [1.54, 1.807) is 6.07 Å². The summed E-state index contributed by atoms with van der Waals surface area (Å²) in [5.74, 6) is -0.291. The number of aryl methyl sites for hydroxylation is 2. The Hall–Kier alpha value is -1.96. The number of anilines is 1. The summed E-state index contributed by atoms with van der Waals surface area (Å²) >= 11 is 5.94. The monoisotopic (exact) mass is 407 g/mol. The Morgan fingerprint density at radius 3 is 2.59 bits per heavy atom. The highest BCUT2D eigenvalue weighted by Gasteiger charge is 2.33. The molecule has 0 spiro atoms. The Morgan fingerprint density at radius 2 is 1.93 bits per heavy atom. The van der Waals surface area contributed by atoms with Gasteiger partial charge in [-0.25, -0.2) is 13.4 Å². The molecule has 0 unspecified atom stereocenters. The average molecular weight is 408 g/mol. The number of nitrogens with zero attached hydrogens (tertiary/aromatic N) is 2. The van der Waals surface area contributed by atoms with Gasteiger partial charge in [-0.15, -0.1) is 0 Å². The van der Waals surface area contributed by atoms with Gasteiger partial charge in [0.25, 0.3) is 0 Å². The fourth-order valence-electron chi connectivity index (χ4n) is 3.17. The van der Waals surface area contributed by atoms with Gasteiger partial charge in [-0.1, -0.05) is 23.7 Å². The van der Waals surface area contributed by atoms with Crippen LogP contribution in [0.3, 0.4) is 0 Å². The standard InChI is InChI=1S/C19H22ClN3O3S/c1-13-5-6-14(2)16(12-13)22-19(24)15-7-10-23(11-8-15)27(25,26)17-4-3-9-21-18(17)20/h3-6,9,12,15H,7-8,10-11H2,1-2H3,(H,22,24). The van der Waals surface area contributed by atoms with Gasteiger partial charge in [-0.05, 0) is 56.0 Å². The van der Waals surface area contributed by atoms with Crippen LogP contribution in [0.1, 0.15) is 24.0 Å². The average Bonchev–Trinajstić information content (AvgIpc) is 2.65. The second-order valence-electron chi connectivity index (χ2n) is 6.78. The molecule has 27 heavy (non-hydrogen) atoms. The van der Waals surface area contributed by atoms with Gasteiger partial charge in [0.05, 0.1) is 0 Å². The van der Waals surface area contributed by atoms with Crippen LogP contribution < -0.4 is 5.32 Å². The van der Waals surface area contributed by atoms with Crippen LogP contribution in [0, 0.1) is 19.8 Å². The molecule has 0 atom stereocenters. The second kappa shape index (κ2) is 7.96. The third kappa shape index (κ3) is 4.31. The summed E-state index contributed by atoms with van der Waals surface area (Å²) in [6.07, 6.45) is 2.38. The third-order valence-electron chi connectivity index (χ3n) is 4.82. The maximum absolute atomic E-state index is 12.8. The van der Waals surface area contributed by atoms with Crippen molar-refractivity contribution in [3.8, 4) is 0 Å². The number of carbonyl (C=O) groups is 1. The van der Waals surface area contributed by atoms with E-state index in [1.807, 2.05) is 32.0 Å². The summed E-state index contributed by atoms with van der Waals surface area (Å²) < 4.78 is 26.9. The predicted molar refractivity (Wildman–Crippen MR) is 105 cm³/mol. The molecule has 1 saturated heterocycles. The quantitative estimate of drug-likeness (QED) is 0.788. The lowest BCUT2D eigenvalue weighted by Crippen LogP contribution is -2.41. The third-order valence-corrected chi connectivity index (χ3v) is 7.16. The molecule has 1 aromatic carbocycles. The Morgan fingerprint density at radius 1 is 1.22 bits per heavy atom. The first-order valence-electron chi connectivity index (χ1n) is 8.78. The molecular weight excluding hydrogens is 386 g/mol. The number of benzene rings is 1. The summed E-state index contributed by atoms with van der Waals surface area (Å²) in [5.41, 5.74) is 2.88. The van der Waals surface area contributed by atoms with Crippen molar-refractivity contribution in [1.29, 1.82) is 0 Å². The van der Waals surface area contributed by atoms with Gasteiger partial charge in [0.15, 0.2) is 0 Å². The van der Waals surface area contributed by atoms with Crippen molar-refractivity contribution in [2.45, 2.75) is 31.6 Å². The van der Waals surface area contributed by atoms with Crippen molar-refractivity contribution >= 4 is 33.2 Å². The van der Waals surface area contributed by atoms with Gasteiger partial charge in [-0.3, -0.25) is 4.79 Å². The van der Waals surface area contributed by atoms with Crippen molar-refractivity contribution in [2.75, 3.05) is 18.4 Å². The number of nitrogens with one attached hydrogen (secondary N) is 1. The predicted octanol–water partition coefficient (Wildman–Crippen LogP) is 3.39. The Balaban J connectivity index is 1.66. The molecule has 0 aliphatic carbocycles. The van der Waals surface area contributed by atoms with E-state index in [-0.39, 0.29) is 35.0 Å². The van der Waals surface area contributed by atoms with Gasteiger partial charge in [-0.2, -0.15) is 4.31 Å².